The van der Waals surface area contributed by atoms with Crippen LogP contribution in [0.2, 0.25) is 0 Å². The van der Waals surface area contributed by atoms with Crippen LogP contribution in [0.25, 0.3) is 0 Å². The average molecular weight is 276 g/mol. The molecule has 1 aromatic carbocycles. The Labute approximate surface area is 98.8 Å². The summed E-state index contributed by atoms with van der Waals surface area (Å²) in [5.74, 6) is 0.841. The second kappa shape index (κ2) is 5.05. The second-order valence-corrected chi connectivity index (χ2v) is 4.57. The van der Waals surface area contributed by atoms with E-state index in [1.54, 1.807) is 7.11 Å². The molecule has 0 amide bonds. The number of halogens is 1. The third-order valence-electron chi connectivity index (χ3n) is 1.96. The van der Waals surface area contributed by atoms with E-state index in [0.717, 1.165) is 15.8 Å². The van der Waals surface area contributed by atoms with Gasteiger partial charge in [0.05, 0.1) is 17.0 Å². The quantitative estimate of drug-likeness (QED) is 0.673. The van der Waals surface area contributed by atoms with Gasteiger partial charge in [0, 0.05) is 0 Å². The molecule has 0 radical (unpaired) electrons. The van der Waals surface area contributed by atoms with Crippen molar-refractivity contribution in [1.29, 1.82) is 0 Å². The van der Waals surface area contributed by atoms with Gasteiger partial charge in [0.25, 0.3) is 0 Å². The molecular formula is C10H14BrNOS. The number of hydrogen-bond donors (Lipinski definition) is 1. The fourth-order valence-corrected chi connectivity index (χ4v) is 1.86. The minimum atomic E-state index is 0.109. The molecule has 0 saturated heterocycles. The molecule has 1 aromatic rings. The summed E-state index contributed by atoms with van der Waals surface area (Å²) in [7, 11) is 5.65. The molecule has 0 spiro atoms. The summed E-state index contributed by atoms with van der Waals surface area (Å²) in [6, 6.07) is 5.98. The van der Waals surface area contributed by atoms with E-state index in [-0.39, 0.29) is 5.37 Å². The van der Waals surface area contributed by atoms with Gasteiger partial charge in [-0.1, -0.05) is 6.07 Å². The molecule has 4 heteroatoms. The molecule has 0 bridgehead atoms. The van der Waals surface area contributed by atoms with Crippen molar-refractivity contribution in [3.8, 4) is 5.75 Å². The topological polar surface area (TPSA) is 12.5 Å². The van der Waals surface area contributed by atoms with Crippen molar-refractivity contribution in [2.45, 2.75) is 5.37 Å². The lowest BCUT2D eigenvalue weighted by Crippen LogP contribution is -2.14. The molecule has 0 heterocycles. The first-order valence-electron chi connectivity index (χ1n) is 4.24. The number of thiol groups is 1. The maximum atomic E-state index is 5.15. The zero-order valence-corrected chi connectivity index (χ0v) is 11.0. The van der Waals surface area contributed by atoms with Crippen LogP contribution in [-0.4, -0.2) is 26.1 Å². The molecule has 1 rings (SSSR count). The molecule has 0 aliphatic carbocycles. The zero-order valence-electron chi connectivity index (χ0n) is 8.49. The maximum Gasteiger partial charge on any atom is 0.133 e. The van der Waals surface area contributed by atoms with Gasteiger partial charge in [0.15, 0.2) is 0 Å². The predicted octanol–water partition coefficient (Wildman–Crippen LogP) is 2.95. The Morgan fingerprint density at radius 3 is 2.50 bits per heavy atom. The summed E-state index contributed by atoms with van der Waals surface area (Å²) in [5.41, 5.74) is 1.14. The van der Waals surface area contributed by atoms with Crippen molar-refractivity contribution in [1.82, 2.24) is 4.90 Å². The molecule has 0 N–H and O–H groups in total. The van der Waals surface area contributed by atoms with E-state index in [9.17, 15) is 0 Å². The van der Waals surface area contributed by atoms with Crippen LogP contribution in [0.1, 0.15) is 10.9 Å². The molecule has 1 atom stereocenters. The summed E-state index contributed by atoms with van der Waals surface area (Å²) >= 11 is 7.94. The monoisotopic (exact) mass is 275 g/mol. The SMILES string of the molecule is COc1ccc(C(S)N(C)C)cc1Br. The number of hydrogen-bond acceptors (Lipinski definition) is 3. The lowest BCUT2D eigenvalue weighted by molar-refractivity contribution is 0.391. The van der Waals surface area contributed by atoms with Crippen molar-refractivity contribution in [2.24, 2.45) is 0 Å². The molecule has 0 aliphatic rings. The maximum absolute atomic E-state index is 5.15. The molecule has 0 aromatic heterocycles. The van der Waals surface area contributed by atoms with Gasteiger partial charge in [-0.2, -0.15) is 12.6 Å². The van der Waals surface area contributed by atoms with Gasteiger partial charge < -0.3 is 4.74 Å². The smallest absolute Gasteiger partial charge is 0.133 e. The van der Waals surface area contributed by atoms with E-state index in [1.165, 1.54) is 0 Å². The summed E-state index contributed by atoms with van der Waals surface area (Å²) in [5, 5.41) is 0.109. The van der Waals surface area contributed by atoms with Crippen LogP contribution in [-0.2, 0) is 0 Å². The number of methoxy groups -OCH3 is 1. The van der Waals surface area contributed by atoms with Gasteiger partial charge in [-0.05, 0) is 47.7 Å². The molecule has 0 aliphatic heterocycles. The summed E-state index contributed by atoms with van der Waals surface area (Å²) < 4.78 is 6.11. The van der Waals surface area contributed by atoms with Crippen LogP contribution in [0.15, 0.2) is 22.7 Å². The highest BCUT2D eigenvalue weighted by Gasteiger charge is 2.10. The van der Waals surface area contributed by atoms with Crippen LogP contribution in [0.3, 0.4) is 0 Å². The van der Waals surface area contributed by atoms with Gasteiger partial charge in [0.1, 0.15) is 5.75 Å². The first-order chi connectivity index (χ1) is 6.56. The third-order valence-corrected chi connectivity index (χ3v) is 3.34. The van der Waals surface area contributed by atoms with Crippen LogP contribution in [0.5, 0.6) is 5.75 Å². The highest BCUT2D eigenvalue weighted by atomic mass is 79.9. The van der Waals surface area contributed by atoms with Gasteiger partial charge in [0.2, 0.25) is 0 Å². The number of nitrogens with zero attached hydrogens (tertiary/aromatic N) is 1. The average Bonchev–Trinajstić information content (AvgIpc) is 2.16. The van der Waals surface area contributed by atoms with Crippen molar-refractivity contribution in [2.75, 3.05) is 21.2 Å². The molecule has 1 unspecified atom stereocenters. The van der Waals surface area contributed by atoms with E-state index in [4.69, 9.17) is 4.74 Å². The number of ether oxygens (including phenoxy) is 1. The fourth-order valence-electron chi connectivity index (χ4n) is 1.14. The minimum absolute atomic E-state index is 0.109. The summed E-state index contributed by atoms with van der Waals surface area (Å²) in [6.07, 6.45) is 0. The molecule has 14 heavy (non-hydrogen) atoms. The third kappa shape index (κ3) is 2.65. The van der Waals surface area contributed by atoms with E-state index >= 15 is 0 Å². The lowest BCUT2D eigenvalue weighted by atomic mass is 10.2. The highest BCUT2D eigenvalue weighted by Crippen LogP contribution is 2.30. The molecule has 78 valence electrons. The van der Waals surface area contributed by atoms with Gasteiger partial charge in [-0.3, -0.25) is 4.90 Å². The summed E-state index contributed by atoms with van der Waals surface area (Å²) in [4.78, 5) is 2.04. The summed E-state index contributed by atoms with van der Waals surface area (Å²) in [6.45, 7) is 0. The van der Waals surface area contributed by atoms with E-state index in [2.05, 4.69) is 28.6 Å². The van der Waals surface area contributed by atoms with Crippen LogP contribution in [0, 0.1) is 0 Å². The number of rotatable bonds is 3. The van der Waals surface area contributed by atoms with E-state index in [0.29, 0.717) is 0 Å². The van der Waals surface area contributed by atoms with Crippen molar-refractivity contribution < 1.29 is 4.74 Å². The first-order valence-corrected chi connectivity index (χ1v) is 5.55. The van der Waals surface area contributed by atoms with Crippen LogP contribution in [0.4, 0.5) is 0 Å². The van der Waals surface area contributed by atoms with Gasteiger partial charge in [-0.25, -0.2) is 0 Å². The molecular weight excluding hydrogens is 262 g/mol. The molecule has 0 saturated carbocycles. The van der Waals surface area contributed by atoms with Crippen molar-refractivity contribution in [3.05, 3.63) is 28.2 Å². The van der Waals surface area contributed by atoms with E-state index < -0.39 is 0 Å². The normalized spacial score (nSPS) is 13.0. The van der Waals surface area contributed by atoms with Gasteiger partial charge in [-0.15, -0.1) is 0 Å². The van der Waals surface area contributed by atoms with E-state index in [1.807, 2.05) is 37.2 Å². The Balaban J connectivity index is 2.96. The Kier molecular flexibility index (Phi) is 4.29. The fraction of sp³-hybridized carbons (Fsp3) is 0.400. The Morgan fingerprint density at radius 1 is 1.43 bits per heavy atom. The number of benzene rings is 1. The Hall–Kier alpha value is -0.190. The molecule has 2 nitrogen and oxygen atoms in total. The van der Waals surface area contributed by atoms with Gasteiger partial charge >= 0.3 is 0 Å². The predicted molar refractivity (Wildman–Crippen MR) is 66.1 cm³/mol. The Bertz CT molecular complexity index is 317. The van der Waals surface area contributed by atoms with Crippen molar-refractivity contribution >= 4 is 28.6 Å². The highest BCUT2D eigenvalue weighted by molar-refractivity contribution is 9.10. The molecule has 0 fully saturated rings. The first kappa shape index (κ1) is 11.9. The minimum Gasteiger partial charge on any atom is -0.496 e. The largest absolute Gasteiger partial charge is 0.496 e. The van der Waals surface area contributed by atoms with Crippen LogP contribution < -0.4 is 4.74 Å². The standard InChI is InChI=1S/C10H14BrNOS/c1-12(2)10(14)7-4-5-9(13-3)8(11)6-7/h4-6,10,14H,1-3H3. The second-order valence-electron chi connectivity index (χ2n) is 3.23. The Morgan fingerprint density at radius 2 is 2.07 bits per heavy atom. The van der Waals surface area contributed by atoms with Crippen LogP contribution >= 0.6 is 28.6 Å². The lowest BCUT2D eigenvalue weighted by Gasteiger charge is -2.19. The van der Waals surface area contributed by atoms with Crippen molar-refractivity contribution in [3.63, 3.8) is 0 Å². The zero-order chi connectivity index (χ0) is 10.7.